The lowest BCUT2D eigenvalue weighted by Crippen LogP contribution is -2.44. The van der Waals surface area contributed by atoms with E-state index in [1.165, 1.54) is 19.3 Å². The number of unbranched alkanes of at least 4 members (excludes halogenated alkanes) is 2. The van der Waals surface area contributed by atoms with Gasteiger partial charge in [-0.3, -0.25) is 0 Å². The summed E-state index contributed by atoms with van der Waals surface area (Å²) >= 11 is 0. The molecule has 3 atom stereocenters. The summed E-state index contributed by atoms with van der Waals surface area (Å²) in [4.78, 5) is 0. The minimum atomic E-state index is -2.02. The van der Waals surface area contributed by atoms with Gasteiger partial charge in [-0.05, 0) is 68.3 Å². The van der Waals surface area contributed by atoms with E-state index in [0.717, 1.165) is 55.6 Å². The second-order valence-electron chi connectivity index (χ2n) is 11.5. The molecular formula is C31H50O4Si. The number of hydrogen-bond donors (Lipinski definition) is 1. The van der Waals surface area contributed by atoms with Gasteiger partial charge in [0, 0.05) is 18.6 Å². The third-order valence-electron chi connectivity index (χ3n) is 7.43. The zero-order chi connectivity index (χ0) is 26.6. The molecule has 0 aromatic heterocycles. The molecule has 1 aliphatic rings. The van der Waals surface area contributed by atoms with E-state index in [0.29, 0.717) is 12.8 Å². The monoisotopic (exact) mass is 514 g/mol. The molecule has 5 heteroatoms. The molecule has 2 unspecified atom stereocenters. The Bertz CT molecular complexity index is 856. The summed E-state index contributed by atoms with van der Waals surface area (Å²) in [5.41, 5.74) is 1.79. The summed E-state index contributed by atoms with van der Waals surface area (Å²) < 4.78 is 18.7. The van der Waals surface area contributed by atoms with Crippen LogP contribution >= 0.6 is 0 Å². The van der Waals surface area contributed by atoms with Crippen molar-refractivity contribution in [2.24, 2.45) is 0 Å². The molecule has 4 nitrogen and oxygen atoms in total. The predicted octanol–water partition coefficient (Wildman–Crippen LogP) is 8.11. The van der Waals surface area contributed by atoms with Gasteiger partial charge in [0.15, 0.2) is 6.29 Å². The lowest BCUT2D eigenvalue weighted by Gasteiger charge is -2.37. The fourth-order valence-electron chi connectivity index (χ4n) is 4.14. The van der Waals surface area contributed by atoms with E-state index < -0.39 is 14.4 Å². The van der Waals surface area contributed by atoms with Gasteiger partial charge in [-0.1, -0.05) is 71.1 Å². The number of aliphatic hydroxyl groups is 1. The standard InChI is InChI=1S/C31H50O4Si/c1-8-10-11-18-25(34-30-23-14-15-24-33-30)19-12-13-21-28(32)26-20-16-22-29(27(26)17-9-2)35-36(6,7)31(3,4)5/h9,16,20,22,25,28,30,32H,2,8,10-12,14-15,17-19,23-24H2,1,3-7H3/t25-,28?,30?/m1/s1. The first-order valence-corrected chi connectivity index (χ1v) is 16.8. The number of benzene rings is 1. The fourth-order valence-corrected chi connectivity index (χ4v) is 5.19. The molecule has 0 bridgehead atoms. The zero-order valence-corrected chi connectivity index (χ0v) is 24.7. The smallest absolute Gasteiger partial charge is 0.250 e. The van der Waals surface area contributed by atoms with Crippen LogP contribution in [0.2, 0.25) is 18.1 Å². The highest BCUT2D eigenvalue weighted by Gasteiger charge is 2.39. The van der Waals surface area contributed by atoms with Crippen molar-refractivity contribution in [3.05, 3.63) is 42.0 Å². The number of allylic oxidation sites excluding steroid dienone is 1. The molecule has 0 amide bonds. The average Bonchev–Trinajstić information content (AvgIpc) is 2.82. The van der Waals surface area contributed by atoms with Crippen LogP contribution in [0.15, 0.2) is 30.9 Å². The van der Waals surface area contributed by atoms with Gasteiger partial charge in [0.1, 0.15) is 11.9 Å². The van der Waals surface area contributed by atoms with Gasteiger partial charge >= 0.3 is 0 Å². The predicted molar refractivity (Wildman–Crippen MR) is 153 cm³/mol. The molecule has 1 saturated heterocycles. The average molecular weight is 515 g/mol. The lowest BCUT2D eigenvalue weighted by molar-refractivity contribution is -0.190. The Balaban J connectivity index is 2.08. The molecule has 1 heterocycles. The van der Waals surface area contributed by atoms with Crippen molar-refractivity contribution >= 4 is 8.32 Å². The number of hydrogen-bond acceptors (Lipinski definition) is 4. The largest absolute Gasteiger partial charge is 0.543 e. The van der Waals surface area contributed by atoms with E-state index in [1.54, 1.807) is 0 Å². The van der Waals surface area contributed by atoms with Crippen LogP contribution in [-0.2, 0) is 15.9 Å². The van der Waals surface area contributed by atoms with Crippen molar-refractivity contribution in [2.75, 3.05) is 6.61 Å². The molecule has 202 valence electrons. The van der Waals surface area contributed by atoms with Crippen LogP contribution in [0, 0.1) is 11.8 Å². The van der Waals surface area contributed by atoms with Gasteiger partial charge in [0.05, 0.1) is 6.10 Å². The third kappa shape index (κ3) is 9.71. The van der Waals surface area contributed by atoms with E-state index in [9.17, 15) is 5.11 Å². The highest BCUT2D eigenvalue weighted by atomic mass is 28.4. The summed E-state index contributed by atoms with van der Waals surface area (Å²) in [7, 11) is -2.02. The maximum Gasteiger partial charge on any atom is 0.250 e. The first kappa shape index (κ1) is 30.6. The maximum absolute atomic E-state index is 11.0. The van der Waals surface area contributed by atoms with Gasteiger partial charge < -0.3 is 19.0 Å². The summed E-state index contributed by atoms with van der Waals surface area (Å²) in [6.45, 7) is 18.1. The summed E-state index contributed by atoms with van der Waals surface area (Å²) in [5, 5.41) is 11.1. The molecule has 1 N–H and O–H groups in total. The zero-order valence-electron chi connectivity index (χ0n) is 23.7. The highest BCUT2D eigenvalue weighted by molar-refractivity contribution is 6.74. The molecule has 0 radical (unpaired) electrons. The molecule has 1 aromatic rings. The van der Waals surface area contributed by atoms with Gasteiger partial charge in [-0.25, -0.2) is 0 Å². The summed E-state index contributed by atoms with van der Waals surface area (Å²) in [6.07, 6.45) is 11.2. The van der Waals surface area contributed by atoms with Gasteiger partial charge in [0.25, 0.3) is 0 Å². The molecule has 0 saturated carbocycles. The van der Waals surface area contributed by atoms with Crippen molar-refractivity contribution in [3.8, 4) is 17.6 Å². The highest BCUT2D eigenvalue weighted by Crippen LogP contribution is 2.39. The maximum atomic E-state index is 11.0. The van der Waals surface area contributed by atoms with Crippen LogP contribution in [0.25, 0.3) is 0 Å². The SMILES string of the molecule is C=CCc1c(O[Si](C)(C)C(C)(C)C)cccc1C(O)C#CCC[C@@H](CCCCC)OC1CCCCO1. The minimum absolute atomic E-state index is 0.0750. The second-order valence-corrected chi connectivity index (χ2v) is 16.2. The number of ether oxygens (including phenoxy) is 2. The summed E-state index contributed by atoms with van der Waals surface area (Å²) in [6, 6.07) is 5.92. The molecule has 1 aliphatic heterocycles. The lowest BCUT2D eigenvalue weighted by atomic mass is 9.98. The van der Waals surface area contributed by atoms with E-state index in [1.807, 2.05) is 24.3 Å². The fraction of sp³-hybridized carbons (Fsp3) is 0.677. The van der Waals surface area contributed by atoms with Crippen LogP contribution < -0.4 is 4.43 Å². The Kier molecular flexibility index (Phi) is 12.7. The van der Waals surface area contributed by atoms with Crippen molar-refractivity contribution in [1.29, 1.82) is 0 Å². The van der Waals surface area contributed by atoms with E-state index in [2.05, 4.69) is 59.2 Å². The Morgan fingerprint density at radius 3 is 2.64 bits per heavy atom. The molecule has 0 aliphatic carbocycles. The topological polar surface area (TPSA) is 47.9 Å². The minimum Gasteiger partial charge on any atom is -0.543 e. The van der Waals surface area contributed by atoms with Crippen LogP contribution in [-0.4, -0.2) is 32.4 Å². The van der Waals surface area contributed by atoms with E-state index in [4.69, 9.17) is 13.9 Å². The second kappa shape index (κ2) is 15.0. The van der Waals surface area contributed by atoms with E-state index in [-0.39, 0.29) is 17.4 Å². The van der Waals surface area contributed by atoms with Crippen LogP contribution in [0.3, 0.4) is 0 Å². The first-order chi connectivity index (χ1) is 17.1. The van der Waals surface area contributed by atoms with Crippen LogP contribution in [0.5, 0.6) is 5.75 Å². The molecule has 1 fully saturated rings. The van der Waals surface area contributed by atoms with Crippen LogP contribution in [0.4, 0.5) is 0 Å². The Labute approximate surface area is 221 Å². The Morgan fingerprint density at radius 1 is 1.22 bits per heavy atom. The van der Waals surface area contributed by atoms with Crippen molar-refractivity contribution in [2.45, 2.75) is 129 Å². The molecule has 1 aromatic carbocycles. The van der Waals surface area contributed by atoms with Gasteiger partial charge in [-0.15, -0.1) is 12.5 Å². The Morgan fingerprint density at radius 2 is 2.00 bits per heavy atom. The number of rotatable bonds is 13. The molecular weight excluding hydrogens is 464 g/mol. The van der Waals surface area contributed by atoms with Crippen molar-refractivity contribution in [1.82, 2.24) is 0 Å². The molecule has 36 heavy (non-hydrogen) atoms. The summed E-state index contributed by atoms with van der Waals surface area (Å²) in [5.74, 6) is 7.15. The third-order valence-corrected chi connectivity index (χ3v) is 11.8. The molecule has 0 spiro atoms. The van der Waals surface area contributed by atoms with Crippen molar-refractivity contribution in [3.63, 3.8) is 0 Å². The molecule has 2 rings (SSSR count). The normalized spacial score (nSPS) is 18.1. The number of aliphatic hydroxyl groups excluding tert-OH is 1. The quantitative estimate of drug-likeness (QED) is 0.125. The van der Waals surface area contributed by atoms with Crippen LogP contribution in [0.1, 0.15) is 103 Å². The van der Waals surface area contributed by atoms with Gasteiger partial charge in [-0.2, -0.15) is 0 Å². The Hall–Kier alpha value is -1.58. The van der Waals surface area contributed by atoms with Gasteiger partial charge in [0.2, 0.25) is 8.32 Å². The van der Waals surface area contributed by atoms with E-state index >= 15 is 0 Å². The van der Waals surface area contributed by atoms with Crippen molar-refractivity contribution < 1.29 is 19.0 Å². The first-order valence-electron chi connectivity index (χ1n) is 13.9.